The van der Waals surface area contributed by atoms with E-state index in [0.717, 1.165) is 24.9 Å². The van der Waals surface area contributed by atoms with E-state index >= 15 is 0 Å². The minimum Gasteiger partial charge on any atom is -0.493 e. The average molecular weight is 434 g/mol. The topological polar surface area (TPSA) is 71.1 Å². The second-order valence-electron chi connectivity index (χ2n) is 7.76. The third kappa shape index (κ3) is 4.71. The Morgan fingerprint density at radius 3 is 2.50 bits per heavy atom. The molecule has 2 aromatic rings. The number of aryl methyl sites for hydroxylation is 1. The number of hydrogen-bond acceptors (Lipinski definition) is 6. The predicted octanol–water partition coefficient (Wildman–Crippen LogP) is 2.67. The first-order valence-electron chi connectivity index (χ1n) is 9.99. The fourth-order valence-corrected chi connectivity index (χ4v) is 4.92. The van der Waals surface area contributed by atoms with Gasteiger partial charge in [-0.1, -0.05) is 12.1 Å². The van der Waals surface area contributed by atoms with Crippen LogP contribution in [0.25, 0.3) is 0 Å². The molecule has 1 heterocycles. The zero-order valence-electron chi connectivity index (χ0n) is 18.3. The number of nitrogens with one attached hydrogen (secondary N) is 1. The Hall–Kier alpha value is -2.29. The molecule has 0 amide bonds. The van der Waals surface area contributed by atoms with Gasteiger partial charge in [0.15, 0.2) is 11.5 Å². The van der Waals surface area contributed by atoms with Crippen molar-refractivity contribution in [3.63, 3.8) is 0 Å². The van der Waals surface area contributed by atoms with Crippen LogP contribution in [0.2, 0.25) is 0 Å². The lowest BCUT2D eigenvalue weighted by atomic mass is 9.96. The van der Waals surface area contributed by atoms with Crippen LogP contribution in [0.15, 0.2) is 41.3 Å². The number of likely N-dealkylation sites (N-methyl/N-ethyl adjacent to an activating group) is 1. The molecule has 1 atom stereocenters. The Bertz CT molecular complexity index is 992. The van der Waals surface area contributed by atoms with Crippen molar-refractivity contribution < 1.29 is 17.9 Å². The summed E-state index contributed by atoms with van der Waals surface area (Å²) >= 11 is 0. The van der Waals surface area contributed by atoms with Gasteiger partial charge in [-0.25, -0.2) is 13.1 Å². The maximum atomic E-state index is 12.9. The zero-order valence-corrected chi connectivity index (χ0v) is 19.1. The minimum atomic E-state index is -3.70. The second-order valence-corrected chi connectivity index (χ2v) is 9.53. The van der Waals surface area contributed by atoms with Crippen LogP contribution in [0.4, 0.5) is 5.69 Å². The molecular formula is C22H31N3O4S. The average Bonchev–Trinajstić information content (AvgIpc) is 2.73. The zero-order chi connectivity index (χ0) is 21.9. The predicted molar refractivity (Wildman–Crippen MR) is 119 cm³/mol. The standard InChI is InChI=1S/C22H31N3O4S/c1-24(2)20(17-8-10-19-16(13-17)7-6-12-25(19)3)15-23-30(26,27)18-9-11-21(28-4)22(14-18)29-5/h8-11,13-14,20,23H,6-7,12,15H2,1-5H3. The molecule has 3 rings (SSSR count). The number of hydrogen-bond donors (Lipinski definition) is 1. The van der Waals surface area contributed by atoms with Crippen molar-refractivity contribution in [2.24, 2.45) is 0 Å². The van der Waals surface area contributed by atoms with Crippen molar-refractivity contribution in [2.45, 2.75) is 23.8 Å². The first-order valence-corrected chi connectivity index (χ1v) is 11.5. The van der Waals surface area contributed by atoms with E-state index in [-0.39, 0.29) is 17.5 Å². The van der Waals surface area contributed by atoms with Gasteiger partial charge in [-0.15, -0.1) is 0 Å². The first-order chi connectivity index (χ1) is 14.3. The summed E-state index contributed by atoms with van der Waals surface area (Å²) in [6.45, 7) is 1.33. The quantitative estimate of drug-likeness (QED) is 0.690. The largest absolute Gasteiger partial charge is 0.493 e. The number of sulfonamides is 1. The van der Waals surface area contributed by atoms with Crippen molar-refractivity contribution in [1.82, 2.24) is 9.62 Å². The maximum Gasteiger partial charge on any atom is 0.240 e. The molecule has 1 aliphatic rings. The highest BCUT2D eigenvalue weighted by molar-refractivity contribution is 7.89. The minimum absolute atomic E-state index is 0.0857. The SMILES string of the molecule is COc1ccc(S(=O)(=O)NCC(c2ccc3c(c2)CCCN3C)N(C)C)cc1OC. The summed E-state index contributed by atoms with van der Waals surface area (Å²) in [5.41, 5.74) is 3.67. The highest BCUT2D eigenvalue weighted by Gasteiger charge is 2.23. The second kappa shape index (κ2) is 9.24. The summed E-state index contributed by atoms with van der Waals surface area (Å²) in [5.74, 6) is 0.866. The van der Waals surface area contributed by atoms with E-state index in [9.17, 15) is 8.42 Å². The summed E-state index contributed by atoms with van der Waals surface area (Å²) in [6.07, 6.45) is 2.18. The monoisotopic (exact) mass is 433 g/mol. The van der Waals surface area contributed by atoms with Crippen molar-refractivity contribution >= 4 is 15.7 Å². The Balaban J connectivity index is 1.81. The number of rotatable bonds is 8. The van der Waals surface area contributed by atoms with Gasteiger partial charge in [-0.05, 0) is 56.3 Å². The fourth-order valence-electron chi connectivity index (χ4n) is 3.87. The molecule has 1 aliphatic heterocycles. The molecule has 0 aliphatic carbocycles. The van der Waals surface area contributed by atoms with Crippen LogP contribution in [0, 0.1) is 0 Å². The van der Waals surface area contributed by atoms with E-state index < -0.39 is 10.0 Å². The third-order valence-electron chi connectivity index (χ3n) is 5.59. The van der Waals surface area contributed by atoms with Crippen LogP contribution < -0.4 is 19.1 Å². The van der Waals surface area contributed by atoms with Crippen molar-refractivity contribution in [3.8, 4) is 11.5 Å². The highest BCUT2D eigenvalue weighted by Crippen LogP contribution is 2.31. The summed E-state index contributed by atoms with van der Waals surface area (Å²) in [5, 5.41) is 0. The lowest BCUT2D eigenvalue weighted by Gasteiger charge is -2.30. The first kappa shape index (κ1) is 22.4. The van der Waals surface area contributed by atoms with E-state index in [1.807, 2.05) is 19.0 Å². The summed E-state index contributed by atoms with van der Waals surface area (Å²) in [4.78, 5) is 4.45. The van der Waals surface area contributed by atoms with Crippen LogP contribution in [0.5, 0.6) is 11.5 Å². The third-order valence-corrected chi connectivity index (χ3v) is 7.02. The van der Waals surface area contributed by atoms with Crippen LogP contribution in [-0.4, -0.2) is 61.8 Å². The van der Waals surface area contributed by atoms with Gasteiger partial charge in [0.2, 0.25) is 10.0 Å². The van der Waals surface area contributed by atoms with Crippen molar-refractivity contribution in [3.05, 3.63) is 47.5 Å². The van der Waals surface area contributed by atoms with Crippen molar-refractivity contribution in [1.29, 1.82) is 0 Å². The Kier molecular flexibility index (Phi) is 6.90. The number of anilines is 1. The fraction of sp³-hybridized carbons (Fsp3) is 0.455. The van der Waals surface area contributed by atoms with E-state index in [0.29, 0.717) is 11.5 Å². The molecule has 0 spiro atoms. The van der Waals surface area contributed by atoms with Gasteiger partial charge in [0.25, 0.3) is 0 Å². The Labute approximate surface area is 179 Å². The van der Waals surface area contributed by atoms with E-state index in [1.54, 1.807) is 6.07 Å². The Morgan fingerprint density at radius 1 is 1.10 bits per heavy atom. The lowest BCUT2D eigenvalue weighted by molar-refractivity contribution is 0.299. The molecule has 1 unspecified atom stereocenters. The number of benzene rings is 2. The lowest BCUT2D eigenvalue weighted by Crippen LogP contribution is -2.35. The molecule has 0 bridgehead atoms. The van der Waals surface area contributed by atoms with Gasteiger partial charge >= 0.3 is 0 Å². The molecule has 0 radical (unpaired) electrons. The summed E-state index contributed by atoms with van der Waals surface area (Å²) in [7, 11) is 5.33. The molecule has 0 saturated carbocycles. The highest BCUT2D eigenvalue weighted by atomic mass is 32.2. The molecule has 2 aromatic carbocycles. The maximum absolute atomic E-state index is 12.9. The van der Waals surface area contributed by atoms with Gasteiger partial charge in [0.1, 0.15) is 0 Å². The summed E-state index contributed by atoms with van der Waals surface area (Å²) in [6, 6.07) is 10.9. The molecule has 164 valence electrons. The molecule has 1 N–H and O–H groups in total. The molecule has 30 heavy (non-hydrogen) atoms. The van der Waals surface area contributed by atoms with Gasteiger partial charge in [0.05, 0.1) is 19.1 Å². The summed E-state index contributed by atoms with van der Waals surface area (Å²) < 4.78 is 39.0. The van der Waals surface area contributed by atoms with Crippen molar-refractivity contribution in [2.75, 3.05) is 53.4 Å². The van der Waals surface area contributed by atoms with Gasteiger partial charge in [-0.2, -0.15) is 0 Å². The Morgan fingerprint density at radius 2 is 1.83 bits per heavy atom. The molecule has 0 saturated heterocycles. The molecular weight excluding hydrogens is 402 g/mol. The van der Waals surface area contributed by atoms with Gasteiger partial charge in [0, 0.05) is 37.9 Å². The van der Waals surface area contributed by atoms with Gasteiger partial charge < -0.3 is 19.3 Å². The van der Waals surface area contributed by atoms with Crippen LogP contribution >= 0.6 is 0 Å². The molecule has 8 heteroatoms. The normalized spacial score (nSPS) is 15.1. The van der Waals surface area contributed by atoms with E-state index in [1.165, 1.54) is 37.6 Å². The number of methoxy groups -OCH3 is 2. The number of fused-ring (bicyclic) bond motifs is 1. The van der Waals surface area contributed by atoms with E-state index in [2.05, 4.69) is 34.9 Å². The number of ether oxygens (including phenoxy) is 2. The van der Waals surface area contributed by atoms with E-state index in [4.69, 9.17) is 9.47 Å². The molecule has 0 fully saturated rings. The molecule has 0 aromatic heterocycles. The van der Waals surface area contributed by atoms with Crippen LogP contribution in [0.1, 0.15) is 23.6 Å². The van der Waals surface area contributed by atoms with Crippen LogP contribution in [0.3, 0.4) is 0 Å². The smallest absolute Gasteiger partial charge is 0.240 e. The van der Waals surface area contributed by atoms with Gasteiger partial charge in [-0.3, -0.25) is 0 Å². The van der Waals surface area contributed by atoms with Crippen LogP contribution in [-0.2, 0) is 16.4 Å². The number of nitrogens with zero attached hydrogens (tertiary/aromatic N) is 2. The molecule has 7 nitrogen and oxygen atoms in total.